The molecule has 1 aromatic rings. The summed E-state index contributed by atoms with van der Waals surface area (Å²) in [6, 6.07) is 9.89. The number of hydrogen-bond donors (Lipinski definition) is 1. The lowest BCUT2D eigenvalue weighted by Crippen LogP contribution is -2.58. The minimum atomic E-state index is -0.397. The Morgan fingerprint density at radius 3 is 2.59 bits per heavy atom. The van der Waals surface area contributed by atoms with Gasteiger partial charge >= 0.3 is 0 Å². The second kappa shape index (κ2) is 9.88. The van der Waals surface area contributed by atoms with Crippen LogP contribution in [0.1, 0.15) is 37.7 Å². The van der Waals surface area contributed by atoms with Gasteiger partial charge in [-0.15, -0.1) is 13.2 Å². The molecule has 1 aromatic carbocycles. The normalized spacial score (nSPS) is 21.6. The number of benzene rings is 1. The minimum Gasteiger partial charge on any atom is -0.353 e. The third-order valence-electron chi connectivity index (χ3n) is 6.29. The first-order valence-corrected chi connectivity index (χ1v) is 10.7. The first kappa shape index (κ1) is 21.3. The highest BCUT2D eigenvalue weighted by Gasteiger charge is 2.43. The van der Waals surface area contributed by atoms with Crippen LogP contribution in [0.2, 0.25) is 0 Å². The third-order valence-corrected chi connectivity index (χ3v) is 6.29. The van der Waals surface area contributed by atoms with Gasteiger partial charge in [-0.2, -0.15) is 0 Å². The fraction of sp³-hybridized carbons (Fsp3) is 0.500. The van der Waals surface area contributed by atoms with Crippen LogP contribution in [0.15, 0.2) is 55.6 Å². The number of nitrogens with one attached hydrogen (secondary N) is 1. The van der Waals surface area contributed by atoms with Crippen molar-refractivity contribution in [2.45, 2.75) is 50.1 Å². The Hall–Kier alpha value is -2.40. The molecule has 29 heavy (non-hydrogen) atoms. The van der Waals surface area contributed by atoms with Crippen LogP contribution in [0.4, 0.5) is 0 Å². The van der Waals surface area contributed by atoms with Gasteiger partial charge in [-0.05, 0) is 37.7 Å². The number of nitrogens with zero attached hydrogens (tertiary/aromatic N) is 2. The Morgan fingerprint density at radius 2 is 1.90 bits per heavy atom. The predicted molar refractivity (Wildman–Crippen MR) is 116 cm³/mol. The van der Waals surface area contributed by atoms with Gasteiger partial charge in [-0.25, -0.2) is 0 Å². The van der Waals surface area contributed by atoms with Crippen molar-refractivity contribution in [3.63, 3.8) is 0 Å². The van der Waals surface area contributed by atoms with Crippen molar-refractivity contribution < 1.29 is 9.59 Å². The smallest absolute Gasteiger partial charge is 0.237 e. The zero-order valence-corrected chi connectivity index (χ0v) is 17.3. The fourth-order valence-corrected chi connectivity index (χ4v) is 4.82. The zero-order valence-electron chi connectivity index (χ0n) is 17.3. The standard InChI is InChI=1S/C24H33N3O2/c1-3-12-24(13-4-2)14-8-16-27(24)22(28)19-21-23(29)25-15-18-26(21)17-11-20-9-6-5-7-10-20/h3-7,9-10,21H,1-2,8,11-19H2,(H,25,29). The molecule has 1 unspecified atom stereocenters. The average Bonchev–Trinajstić information content (AvgIpc) is 3.13. The molecule has 0 aromatic heterocycles. The monoisotopic (exact) mass is 395 g/mol. The van der Waals surface area contributed by atoms with Crippen molar-refractivity contribution >= 4 is 11.8 Å². The van der Waals surface area contributed by atoms with Crippen molar-refractivity contribution in [3.8, 4) is 0 Å². The summed E-state index contributed by atoms with van der Waals surface area (Å²) in [5, 5.41) is 2.94. The fourth-order valence-electron chi connectivity index (χ4n) is 4.82. The number of rotatable bonds is 9. The van der Waals surface area contributed by atoms with Crippen molar-refractivity contribution in [1.29, 1.82) is 0 Å². The van der Waals surface area contributed by atoms with Gasteiger partial charge < -0.3 is 10.2 Å². The third kappa shape index (κ3) is 4.96. The molecule has 0 bridgehead atoms. The molecule has 3 rings (SSSR count). The number of likely N-dealkylation sites (tertiary alicyclic amines) is 1. The van der Waals surface area contributed by atoms with Crippen LogP contribution in [0.5, 0.6) is 0 Å². The summed E-state index contributed by atoms with van der Waals surface area (Å²) in [4.78, 5) is 30.1. The van der Waals surface area contributed by atoms with Gasteiger partial charge in [0, 0.05) is 31.7 Å². The van der Waals surface area contributed by atoms with E-state index in [0.29, 0.717) is 6.54 Å². The molecule has 5 nitrogen and oxygen atoms in total. The van der Waals surface area contributed by atoms with E-state index in [1.807, 2.05) is 35.3 Å². The van der Waals surface area contributed by atoms with E-state index in [2.05, 4.69) is 35.5 Å². The lowest BCUT2D eigenvalue weighted by molar-refractivity contribution is -0.141. The van der Waals surface area contributed by atoms with Gasteiger partial charge in [0.05, 0.1) is 12.5 Å². The van der Waals surface area contributed by atoms with E-state index in [1.165, 1.54) is 5.56 Å². The largest absolute Gasteiger partial charge is 0.353 e. The summed E-state index contributed by atoms with van der Waals surface area (Å²) in [5.74, 6) is 0.0351. The lowest BCUT2D eigenvalue weighted by Gasteiger charge is -2.40. The van der Waals surface area contributed by atoms with Crippen molar-refractivity contribution in [3.05, 3.63) is 61.2 Å². The summed E-state index contributed by atoms with van der Waals surface area (Å²) in [7, 11) is 0. The Labute approximate surface area is 174 Å². The van der Waals surface area contributed by atoms with Crippen LogP contribution in [0.3, 0.4) is 0 Å². The molecule has 0 spiro atoms. The molecule has 1 atom stereocenters. The van der Waals surface area contributed by atoms with Gasteiger partial charge in [-0.1, -0.05) is 42.5 Å². The SMILES string of the molecule is C=CCC1(CC=C)CCCN1C(=O)CC1C(=O)NCCN1CCc1ccccc1. The second-order valence-electron chi connectivity index (χ2n) is 8.14. The molecule has 5 heteroatoms. The van der Waals surface area contributed by atoms with E-state index in [1.54, 1.807) is 0 Å². The first-order chi connectivity index (χ1) is 14.1. The van der Waals surface area contributed by atoms with Crippen LogP contribution >= 0.6 is 0 Å². The molecule has 2 amide bonds. The number of carbonyl (C=O) groups excluding carboxylic acids is 2. The molecule has 2 fully saturated rings. The Balaban J connectivity index is 1.69. The van der Waals surface area contributed by atoms with Crippen LogP contribution in [0, 0.1) is 0 Å². The zero-order chi connectivity index (χ0) is 20.7. The topological polar surface area (TPSA) is 52.7 Å². The molecule has 2 aliphatic rings. The average molecular weight is 396 g/mol. The maximum absolute atomic E-state index is 13.3. The molecule has 2 saturated heterocycles. The summed E-state index contributed by atoms with van der Waals surface area (Å²) in [6.45, 7) is 10.7. The molecule has 0 saturated carbocycles. The van der Waals surface area contributed by atoms with E-state index in [4.69, 9.17) is 0 Å². The highest BCUT2D eigenvalue weighted by atomic mass is 16.2. The predicted octanol–water partition coefficient (Wildman–Crippen LogP) is 2.93. The molecule has 1 N–H and O–H groups in total. The summed E-state index contributed by atoms with van der Waals surface area (Å²) in [5.41, 5.74) is 1.03. The van der Waals surface area contributed by atoms with Crippen molar-refractivity contribution in [2.24, 2.45) is 0 Å². The van der Waals surface area contributed by atoms with Crippen molar-refractivity contribution in [2.75, 3.05) is 26.2 Å². The van der Waals surface area contributed by atoms with Gasteiger partial charge in [0.2, 0.25) is 11.8 Å². The molecular formula is C24H33N3O2. The highest BCUT2D eigenvalue weighted by Crippen LogP contribution is 2.37. The van der Waals surface area contributed by atoms with E-state index < -0.39 is 6.04 Å². The van der Waals surface area contributed by atoms with E-state index in [-0.39, 0.29) is 23.8 Å². The van der Waals surface area contributed by atoms with E-state index in [9.17, 15) is 9.59 Å². The van der Waals surface area contributed by atoms with Gasteiger partial charge in [0.15, 0.2) is 0 Å². The molecule has 0 radical (unpaired) electrons. The lowest BCUT2D eigenvalue weighted by atomic mass is 9.87. The number of amides is 2. The number of hydrogen-bond acceptors (Lipinski definition) is 3. The van der Waals surface area contributed by atoms with Crippen LogP contribution in [0.25, 0.3) is 0 Å². The molecule has 0 aliphatic carbocycles. The minimum absolute atomic E-state index is 0.0325. The quantitative estimate of drug-likeness (QED) is 0.654. The van der Waals surface area contributed by atoms with Gasteiger partial charge in [0.25, 0.3) is 0 Å². The van der Waals surface area contributed by atoms with Crippen LogP contribution in [-0.2, 0) is 16.0 Å². The van der Waals surface area contributed by atoms with Crippen LogP contribution < -0.4 is 5.32 Å². The molecule has 156 valence electrons. The molecular weight excluding hydrogens is 362 g/mol. The summed E-state index contributed by atoms with van der Waals surface area (Å²) < 4.78 is 0. The highest BCUT2D eigenvalue weighted by molar-refractivity contribution is 5.89. The Morgan fingerprint density at radius 1 is 1.17 bits per heavy atom. The van der Waals surface area contributed by atoms with Gasteiger partial charge in [-0.3, -0.25) is 14.5 Å². The number of piperazine rings is 1. The first-order valence-electron chi connectivity index (χ1n) is 10.7. The van der Waals surface area contributed by atoms with E-state index in [0.717, 1.165) is 51.7 Å². The Kier molecular flexibility index (Phi) is 7.26. The maximum Gasteiger partial charge on any atom is 0.237 e. The number of carbonyl (C=O) groups is 2. The molecule has 2 heterocycles. The Bertz CT molecular complexity index is 721. The second-order valence-corrected chi connectivity index (χ2v) is 8.14. The van der Waals surface area contributed by atoms with E-state index >= 15 is 0 Å². The van der Waals surface area contributed by atoms with Crippen molar-refractivity contribution in [1.82, 2.24) is 15.1 Å². The van der Waals surface area contributed by atoms with Gasteiger partial charge in [0.1, 0.15) is 0 Å². The summed E-state index contributed by atoms with van der Waals surface area (Å²) in [6.07, 6.45) is 8.38. The molecule has 2 aliphatic heterocycles. The summed E-state index contributed by atoms with van der Waals surface area (Å²) >= 11 is 0. The van der Waals surface area contributed by atoms with Crippen LogP contribution in [-0.4, -0.2) is 59.4 Å². The maximum atomic E-state index is 13.3.